The minimum atomic E-state index is -0.891. The van der Waals surface area contributed by atoms with Crippen LogP contribution in [0.3, 0.4) is 0 Å². The summed E-state index contributed by atoms with van der Waals surface area (Å²) in [6, 6.07) is -0.698. The van der Waals surface area contributed by atoms with Gasteiger partial charge in [-0.05, 0) is 66.7 Å². The van der Waals surface area contributed by atoms with Gasteiger partial charge in [0.25, 0.3) is 0 Å². The number of nitrogens with zero attached hydrogens (tertiary/aromatic N) is 1. The number of oxazole rings is 1. The summed E-state index contributed by atoms with van der Waals surface area (Å²) in [5.74, 6) is 0.801. The number of anilines is 1. The second kappa shape index (κ2) is 15.6. The third-order valence-electron chi connectivity index (χ3n) is 4.65. The van der Waals surface area contributed by atoms with Crippen LogP contribution in [0.2, 0.25) is 0 Å². The van der Waals surface area contributed by atoms with Crippen molar-refractivity contribution in [2.75, 3.05) is 16.8 Å². The number of carboxylic acids is 1. The van der Waals surface area contributed by atoms with Gasteiger partial charge in [0.15, 0.2) is 12.2 Å². The predicted molar refractivity (Wildman–Crippen MR) is 133 cm³/mol. The van der Waals surface area contributed by atoms with Crippen molar-refractivity contribution in [1.82, 2.24) is 4.98 Å². The molecule has 0 aliphatic rings. The third kappa shape index (κ3) is 13.7. The van der Waals surface area contributed by atoms with E-state index in [0.717, 1.165) is 37.9 Å². The number of allylic oxidation sites excluding steroid dienone is 7. The first kappa shape index (κ1) is 26.8. The molecule has 0 radical (unpaired) electrons. The fraction of sp³-hybridized carbons (Fsp3) is 0.520. The van der Waals surface area contributed by atoms with E-state index < -0.39 is 12.0 Å². The van der Waals surface area contributed by atoms with Gasteiger partial charge in [-0.1, -0.05) is 46.6 Å². The van der Waals surface area contributed by atoms with Crippen LogP contribution in [0.1, 0.15) is 66.7 Å². The molecule has 0 saturated carbocycles. The van der Waals surface area contributed by atoms with E-state index in [1.165, 1.54) is 34.9 Å². The van der Waals surface area contributed by atoms with Crippen LogP contribution in [0.25, 0.3) is 0 Å². The number of nitrogens with one attached hydrogen (secondary N) is 1. The summed E-state index contributed by atoms with van der Waals surface area (Å²) in [4.78, 5) is 15.4. The normalized spacial score (nSPS) is 12.9. The number of rotatable bonds is 15. The number of aliphatic carboxylic acids is 1. The van der Waals surface area contributed by atoms with E-state index in [4.69, 9.17) is 4.42 Å². The lowest BCUT2D eigenvalue weighted by Gasteiger charge is -2.12. The molecule has 6 heteroatoms. The second-order valence-electron chi connectivity index (χ2n) is 8.20. The molecule has 172 valence electrons. The molecular formula is C25H38N2O3S. The number of carbonyl (C=O) groups is 1. The molecule has 0 bridgehead atoms. The molecular weight excluding hydrogens is 408 g/mol. The predicted octanol–water partition coefficient (Wildman–Crippen LogP) is 7.03. The number of aromatic nitrogens is 1. The zero-order valence-electron chi connectivity index (χ0n) is 19.6. The fourth-order valence-electron chi connectivity index (χ4n) is 2.82. The van der Waals surface area contributed by atoms with E-state index in [0.29, 0.717) is 11.6 Å². The van der Waals surface area contributed by atoms with Crippen molar-refractivity contribution >= 4 is 23.5 Å². The quantitative estimate of drug-likeness (QED) is 0.222. The van der Waals surface area contributed by atoms with Crippen molar-refractivity contribution in [2.24, 2.45) is 0 Å². The van der Waals surface area contributed by atoms with Crippen molar-refractivity contribution in [3.05, 3.63) is 59.3 Å². The fourth-order valence-corrected chi connectivity index (χ4v) is 3.77. The van der Waals surface area contributed by atoms with Crippen molar-refractivity contribution in [3.63, 3.8) is 0 Å². The third-order valence-corrected chi connectivity index (χ3v) is 5.62. The second-order valence-corrected chi connectivity index (χ2v) is 9.28. The molecule has 0 aliphatic heterocycles. The highest BCUT2D eigenvalue weighted by Gasteiger charge is 2.17. The molecule has 1 rings (SSSR count). The molecule has 5 nitrogen and oxygen atoms in total. The maximum absolute atomic E-state index is 11.5. The Morgan fingerprint density at radius 2 is 1.81 bits per heavy atom. The van der Waals surface area contributed by atoms with Crippen LogP contribution in [0, 0.1) is 0 Å². The molecule has 0 spiro atoms. The average Bonchev–Trinajstić information content (AvgIpc) is 3.20. The van der Waals surface area contributed by atoms with Crippen LogP contribution in [-0.2, 0) is 4.79 Å². The summed E-state index contributed by atoms with van der Waals surface area (Å²) in [7, 11) is 0. The Labute approximate surface area is 191 Å². The number of thioether (sulfide) groups is 1. The first-order valence-electron chi connectivity index (χ1n) is 10.8. The summed E-state index contributed by atoms with van der Waals surface area (Å²) < 4.78 is 4.89. The Balaban J connectivity index is 2.55. The lowest BCUT2D eigenvalue weighted by atomic mass is 10.0. The SMILES string of the molecule is CC(C)=CCCC(C)=CCCC(=CCSCC(Nc1cocn1)C(=O)O)CC=C(C)C. The van der Waals surface area contributed by atoms with E-state index in [2.05, 4.69) is 69.2 Å². The monoisotopic (exact) mass is 446 g/mol. The Morgan fingerprint density at radius 1 is 1.10 bits per heavy atom. The van der Waals surface area contributed by atoms with Gasteiger partial charge < -0.3 is 14.8 Å². The molecule has 1 atom stereocenters. The highest BCUT2D eigenvalue weighted by atomic mass is 32.2. The molecule has 0 fully saturated rings. The van der Waals surface area contributed by atoms with Gasteiger partial charge in [0, 0.05) is 11.5 Å². The van der Waals surface area contributed by atoms with Gasteiger partial charge in [0.1, 0.15) is 12.3 Å². The molecule has 1 aromatic rings. The van der Waals surface area contributed by atoms with Gasteiger partial charge in [-0.15, -0.1) is 0 Å². The van der Waals surface area contributed by atoms with Crippen molar-refractivity contribution in [2.45, 2.75) is 72.8 Å². The summed E-state index contributed by atoms with van der Waals surface area (Å²) in [5, 5.41) is 12.3. The molecule has 2 N–H and O–H groups in total. The van der Waals surface area contributed by atoms with Crippen LogP contribution in [0.5, 0.6) is 0 Å². The van der Waals surface area contributed by atoms with Gasteiger partial charge in [0.2, 0.25) is 0 Å². The minimum Gasteiger partial charge on any atom is -0.480 e. The molecule has 1 aromatic heterocycles. The smallest absolute Gasteiger partial charge is 0.327 e. The molecule has 0 aliphatic carbocycles. The van der Waals surface area contributed by atoms with E-state index in [1.807, 2.05) is 0 Å². The van der Waals surface area contributed by atoms with Crippen LogP contribution in [0.4, 0.5) is 5.82 Å². The van der Waals surface area contributed by atoms with Crippen LogP contribution in [-0.4, -0.2) is 33.6 Å². The number of carboxylic acid groups (broad SMARTS) is 1. The molecule has 1 heterocycles. The lowest BCUT2D eigenvalue weighted by Crippen LogP contribution is -2.31. The minimum absolute atomic E-state index is 0.444. The number of hydrogen-bond acceptors (Lipinski definition) is 5. The van der Waals surface area contributed by atoms with Gasteiger partial charge >= 0.3 is 5.97 Å². The molecule has 0 aromatic carbocycles. The molecule has 0 saturated heterocycles. The van der Waals surface area contributed by atoms with E-state index in [-0.39, 0.29) is 0 Å². The largest absolute Gasteiger partial charge is 0.480 e. The molecule has 0 amide bonds. The maximum Gasteiger partial charge on any atom is 0.327 e. The topological polar surface area (TPSA) is 75.4 Å². The van der Waals surface area contributed by atoms with E-state index >= 15 is 0 Å². The maximum atomic E-state index is 11.5. The standard InChI is InChI=1S/C25H38N2O3S/c1-19(2)8-6-9-21(5)10-7-11-22(13-12-20(3)4)14-15-31-17-23(25(28)29)27-24-16-30-18-26-24/h8,10,12,14,16,18,23,27H,6-7,9,11,13,15,17H2,1-5H3,(H,28,29). The van der Waals surface area contributed by atoms with Crippen molar-refractivity contribution in [3.8, 4) is 0 Å². The van der Waals surface area contributed by atoms with Gasteiger partial charge in [-0.2, -0.15) is 16.7 Å². The van der Waals surface area contributed by atoms with Gasteiger partial charge in [-0.25, -0.2) is 4.79 Å². The first-order chi connectivity index (χ1) is 14.8. The van der Waals surface area contributed by atoms with Gasteiger partial charge in [-0.3, -0.25) is 0 Å². The Bertz CT molecular complexity index is 769. The van der Waals surface area contributed by atoms with Crippen LogP contribution < -0.4 is 5.32 Å². The lowest BCUT2D eigenvalue weighted by molar-refractivity contribution is -0.137. The summed E-state index contributed by atoms with van der Waals surface area (Å²) in [6.07, 6.45) is 17.1. The zero-order valence-corrected chi connectivity index (χ0v) is 20.4. The zero-order chi connectivity index (χ0) is 23.1. The van der Waals surface area contributed by atoms with Crippen molar-refractivity contribution < 1.29 is 14.3 Å². The molecule has 31 heavy (non-hydrogen) atoms. The van der Waals surface area contributed by atoms with E-state index in [1.54, 1.807) is 11.8 Å². The first-order valence-corrected chi connectivity index (χ1v) is 12.0. The highest BCUT2D eigenvalue weighted by Crippen LogP contribution is 2.18. The Hall–Kier alpha value is -2.21. The van der Waals surface area contributed by atoms with Crippen molar-refractivity contribution in [1.29, 1.82) is 0 Å². The highest BCUT2D eigenvalue weighted by molar-refractivity contribution is 7.99. The summed E-state index contributed by atoms with van der Waals surface area (Å²) >= 11 is 1.61. The number of hydrogen-bond donors (Lipinski definition) is 2. The average molecular weight is 447 g/mol. The summed E-state index contributed by atoms with van der Waals surface area (Å²) in [5.41, 5.74) is 5.53. The summed E-state index contributed by atoms with van der Waals surface area (Å²) in [6.45, 7) is 10.7. The Morgan fingerprint density at radius 3 is 2.42 bits per heavy atom. The van der Waals surface area contributed by atoms with Gasteiger partial charge in [0.05, 0.1) is 0 Å². The van der Waals surface area contributed by atoms with E-state index in [9.17, 15) is 9.90 Å². The van der Waals surface area contributed by atoms with Crippen LogP contribution in [0.15, 0.2) is 63.7 Å². The van der Waals surface area contributed by atoms with Crippen LogP contribution >= 0.6 is 11.8 Å². The Kier molecular flexibility index (Phi) is 13.5. The molecule has 1 unspecified atom stereocenters.